The van der Waals surface area contributed by atoms with E-state index in [1.807, 2.05) is 53.3 Å². The Labute approximate surface area is 151 Å². The van der Waals surface area contributed by atoms with Crippen LogP contribution in [-0.2, 0) is 6.54 Å². The van der Waals surface area contributed by atoms with Gasteiger partial charge in [-0.15, -0.1) is 11.3 Å². The van der Waals surface area contributed by atoms with Crippen molar-refractivity contribution < 1.29 is 4.74 Å². The van der Waals surface area contributed by atoms with Gasteiger partial charge in [0.25, 0.3) is 0 Å². The molecule has 4 rings (SSSR count). The highest BCUT2D eigenvalue weighted by molar-refractivity contribution is 7.13. The molecule has 0 N–H and O–H groups in total. The van der Waals surface area contributed by atoms with Crippen molar-refractivity contribution in [2.45, 2.75) is 6.54 Å². The van der Waals surface area contributed by atoms with Gasteiger partial charge in [-0.1, -0.05) is 48.5 Å². The molecule has 0 unspecified atom stereocenters. The van der Waals surface area contributed by atoms with Gasteiger partial charge in [0.15, 0.2) is 0 Å². The number of hydrogen-bond acceptors (Lipinski definition) is 3. The largest absolute Gasteiger partial charge is 0.492 e. The van der Waals surface area contributed by atoms with E-state index in [-0.39, 0.29) is 0 Å². The quantitative estimate of drug-likeness (QED) is 0.470. The van der Waals surface area contributed by atoms with E-state index in [2.05, 4.69) is 40.8 Å². The first-order valence-electron chi connectivity index (χ1n) is 8.24. The van der Waals surface area contributed by atoms with Crippen molar-refractivity contribution in [3.05, 3.63) is 84.4 Å². The van der Waals surface area contributed by atoms with Crippen LogP contribution in [0.2, 0.25) is 0 Å². The minimum Gasteiger partial charge on any atom is -0.492 e. The Morgan fingerprint density at radius 1 is 0.840 bits per heavy atom. The summed E-state index contributed by atoms with van der Waals surface area (Å²) in [6.07, 6.45) is 2.00. The fourth-order valence-electron chi connectivity index (χ4n) is 2.67. The number of ether oxygens (including phenoxy) is 1. The summed E-state index contributed by atoms with van der Waals surface area (Å²) in [5.41, 5.74) is 3.43. The number of aromatic nitrogens is 2. The van der Waals surface area contributed by atoms with Gasteiger partial charge < -0.3 is 4.74 Å². The predicted molar refractivity (Wildman–Crippen MR) is 103 cm³/mol. The number of hydrogen-bond donors (Lipinski definition) is 0. The third-order valence-corrected chi connectivity index (χ3v) is 4.86. The second kappa shape index (κ2) is 7.36. The molecule has 4 aromatic rings. The molecular formula is C21H18N2OS. The average molecular weight is 346 g/mol. The molecule has 124 valence electrons. The van der Waals surface area contributed by atoms with Gasteiger partial charge in [-0.25, -0.2) is 0 Å². The highest BCUT2D eigenvalue weighted by atomic mass is 32.1. The normalized spacial score (nSPS) is 10.7. The van der Waals surface area contributed by atoms with Gasteiger partial charge in [0.05, 0.1) is 11.4 Å². The first kappa shape index (κ1) is 15.7. The van der Waals surface area contributed by atoms with E-state index in [9.17, 15) is 0 Å². The molecule has 2 aromatic carbocycles. The zero-order valence-corrected chi connectivity index (χ0v) is 14.5. The van der Waals surface area contributed by atoms with Gasteiger partial charge in [-0.2, -0.15) is 5.10 Å². The molecular weight excluding hydrogens is 328 g/mol. The van der Waals surface area contributed by atoms with E-state index in [1.54, 1.807) is 11.3 Å². The van der Waals surface area contributed by atoms with Crippen LogP contribution in [0.5, 0.6) is 5.75 Å². The van der Waals surface area contributed by atoms with E-state index in [0.29, 0.717) is 6.61 Å². The predicted octanol–water partition coefficient (Wildman–Crippen LogP) is 5.36. The molecule has 25 heavy (non-hydrogen) atoms. The van der Waals surface area contributed by atoms with Gasteiger partial charge in [0, 0.05) is 6.20 Å². The van der Waals surface area contributed by atoms with Crippen molar-refractivity contribution in [2.24, 2.45) is 0 Å². The van der Waals surface area contributed by atoms with Crippen LogP contribution in [0.25, 0.3) is 21.7 Å². The molecule has 0 fully saturated rings. The van der Waals surface area contributed by atoms with E-state index in [4.69, 9.17) is 4.74 Å². The van der Waals surface area contributed by atoms with Gasteiger partial charge in [0.2, 0.25) is 0 Å². The molecule has 0 amide bonds. The summed E-state index contributed by atoms with van der Waals surface area (Å²) in [6, 6.07) is 24.7. The molecule has 4 heteroatoms. The van der Waals surface area contributed by atoms with Crippen molar-refractivity contribution in [1.82, 2.24) is 9.78 Å². The molecule has 0 spiro atoms. The molecule has 0 aliphatic carbocycles. The fourth-order valence-corrected chi connectivity index (χ4v) is 3.36. The Bertz CT molecular complexity index is 912. The average Bonchev–Trinajstić information content (AvgIpc) is 3.35. The molecule has 0 bridgehead atoms. The number of rotatable bonds is 6. The first-order valence-corrected chi connectivity index (χ1v) is 9.12. The van der Waals surface area contributed by atoms with Gasteiger partial charge in [0.1, 0.15) is 18.1 Å². The molecule has 0 aliphatic heterocycles. The zero-order chi connectivity index (χ0) is 16.9. The highest BCUT2D eigenvalue weighted by Gasteiger charge is 2.03. The molecule has 0 saturated carbocycles. The number of nitrogens with zero attached hydrogens (tertiary/aromatic N) is 2. The van der Waals surface area contributed by atoms with Crippen LogP contribution in [0.1, 0.15) is 0 Å². The summed E-state index contributed by atoms with van der Waals surface area (Å²) in [7, 11) is 0. The Kier molecular flexibility index (Phi) is 4.61. The smallest absolute Gasteiger partial charge is 0.119 e. The van der Waals surface area contributed by atoms with Gasteiger partial charge >= 0.3 is 0 Å². The van der Waals surface area contributed by atoms with Crippen LogP contribution >= 0.6 is 11.3 Å². The van der Waals surface area contributed by atoms with Gasteiger partial charge in [-0.05, 0) is 40.8 Å². The Hall–Kier alpha value is -2.85. The van der Waals surface area contributed by atoms with Crippen LogP contribution in [0, 0.1) is 0 Å². The monoisotopic (exact) mass is 346 g/mol. The second-order valence-electron chi connectivity index (χ2n) is 5.68. The number of thiophene rings is 1. The molecule has 2 aromatic heterocycles. The van der Waals surface area contributed by atoms with Crippen LogP contribution in [-0.4, -0.2) is 16.4 Å². The standard InChI is InChI=1S/C21H18N2OS/c1-2-5-17(6-3-1)18-8-10-19(11-9-18)24-15-14-23-13-12-20(22-23)21-7-4-16-25-21/h1-13,16H,14-15H2. The summed E-state index contributed by atoms with van der Waals surface area (Å²) in [4.78, 5) is 1.19. The Balaban J connectivity index is 1.33. The summed E-state index contributed by atoms with van der Waals surface area (Å²) in [5, 5.41) is 6.65. The summed E-state index contributed by atoms with van der Waals surface area (Å²) >= 11 is 1.70. The van der Waals surface area contributed by atoms with Crippen LogP contribution in [0.3, 0.4) is 0 Å². The summed E-state index contributed by atoms with van der Waals surface area (Å²) in [5.74, 6) is 0.880. The van der Waals surface area contributed by atoms with E-state index in [0.717, 1.165) is 18.0 Å². The minimum atomic E-state index is 0.593. The van der Waals surface area contributed by atoms with E-state index in [1.165, 1.54) is 16.0 Å². The lowest BCUT2D eigenvalue weighted by atomic mass is 10.1. The summed E-state index contributed by atoms with van der Waals surface area (Å²) < 4.78 is 7.77. The maximum Gasteiger partial charge on any atom is 0.119 e. The van der Waals surface area contributed by atoms with E-state index >= 15 is 0 Å². The molecule has 3 nitrogen and oxygen atoms in total. The van der Waals surface area contributed by atoms with Crippen molar-refractivity contribution in [1.29, 1.82) is 0 Å². The van der Waals surface area contributed by atoms with Crippen molar-refractivity contribution >= 4 is 11.3 Å². The lowest BCUT2D eigenvalue weighted by Crippen LogP contribution is -2.08. The SMILES string of the molecule is c1ccc(-c2ccc(OCCn3ccc(-c4cccs4)n3)cc2)cc1. The maximum atomic E-state index is 5.84. The van der Waals surface area contributed by atoms with Crippen molar-refractivity contribution in [3.63, 3.8) is 0 Å². The van der Waals surface area contributed by atoms with Gasteiger partial charge in [-0.3, -0.25) is 4.68 Å². The molecule has 0 aliphatic rings. The lowest BCUT2D eigenvalue weighted by molar-refractivity contribution is 0.291. The van der Waals surface area contributed by atoms with E-state index < -0.39 is 0 Å². The minimum absolute atomic E-state index is 0.593. The Morgan fingerprint density at radius 3 is 2.40 bits per heavy atom. The van der Waals surface area contributed by atoms with Crippen LogP contribution < -0.4 is 4.74 Å². The zero-order valence-electron chi connectivity index (χ0n) is 13.7. The molecule has 0 saturated heterocycles. The fraction of sp³-hybridized carbons (Fsp3) is 0.0952. The number of benzene rings is 2. The molecule has 0 atom stereocenters. The first-order chi connectivity index (χ1) is 12.4. The summed E-state index contributed by atoms with van der Waals surface area (Å²) in [6.45, 7) is 1.32. The maximum absolute atomic E-state index is 5.84. The molecule has 2 heterocycles. The molecule has 0 radical (unpaired) electrons. The van der Waals surface area contributed by atoms with Crippen LogP contribution in [0.4, 0.5) is 0 Å². The third-order valence-electron chi connectivity index (χ3n) is 3.96. The van der Waals surface area contributed by atoms with Crippen LogP contribution in [0.15, 0.2) is 84.4 Å². The highest BCUT2D eigenvalue weighted by Crippen LogP contribution is 2.23. The third kappa shape index (κ3) is 3.80. The Morgan fingerprint density at radius 2 is 1.64 bits per heavy atom. The lowest BCUT2D eigenvalue weighted by Gasteiger charge is -2.07. The second-order valence-corrected chi connectivity index (χ2v) is 6.63. The van der Waals surface area contributed by atoms with Crippen molar-refractivity contribution in [3.8, 4) is 27.4 Å². The topological polar surface area (TPSA) is 27.1 Å². The van der Waals surface area contributed by atoms with Crippen molar-refractivity contribution in [2.75, 3.05) is 6.61 Å².